The number of fused-ring (bicyclic) bond motifs is 1. The highest BCUT2D eigenvalue weighted by Crippen LogP contribution is 2.23. The molecular weight excluding hydrogens is 188 g/mol. The van der Waals surface area contributed by atoms with Gasteiger partial charge in [-0.1, -0.05) is 5.92 Å². The van der Waals surface area contributed by atoms with Gasteiger partial charge in [0.25, 0.3) is 0 Å². The molecule has 1 aromatic rings. The van der Waals surface area contributed by atoms with Crippen LogP contribution >= 0.6 is 0 Å². The summed E-state index contributed by atoms with van der Waals surface area (Å²) in [4.78, 5) is 11.1. The molecule has 0 spiro atoms. The first-order valence-corrected chi connectivity index (χ1v) is 4.62. The van der Waals surface area contributed by atoms with Crippen molar-refractivity contribution in [2.75, 3.05) is 5.32 Å². The van der Waals surface area contributed by atoms with Crippen molar-refractivity contribution < 1.29 is 4.79 Å². The van der Waals surface area contributed by atoms with Gasteiger partial charge in [0.05, 0.1) is 0 Å². The summed E-state index contributed by atoms with van der Waals surface area (Å²) in [6.45, 7) is 0. The van der Waals surface area contributed by atoms with E-state index in [0.717, 1.165) is 23.2 Å². The van der Waals surface area contributed by atoms with E-state index >= 15 is 0 Å². The molecule has 3 nitrogen and oxygen atoms in total. The van der Waals surface area contributed by atoms with Crippen LogP contribution in [0, 0.1) is 23.2 Å². The molecule has 1 aliphatic rings. The van der Waals surface area contributed by atoms with Crippen LogP contribution in [0.2, 0.25) is 0 Å². The van der Waals surface area contributed by atoms with Gasteiger partial charge in [-0.2, -0.15) is 5.26 Å². The molecule has 1 N–H and O–H groups in total. The smallest absolute Gasteiger partial charge is 0.224 e. The van der Waals surface area contributed by atoms with E-state index in [2.05, 4.69) is 17.2 Å². The highest BCUT2D eigenvalue weighted by atomic mass is 16.1. The predicted octanol–water partition coefficient (Wildman–Crippen LogP) is 1.45. The Hall–Kier alpha value is -2.26. The van der Waals surface area contributed by atoms with E-state index in [0.29, 0.717) is 6.42 Å². The Morgan fingerprint density at radius 1 is 1.33 bits per heavy atom. The highest BCUT2D eigenvalue weighted by Gasteiger charge is 2.13. The van der Waals surface area contributed by atoms with Crippen LogP contribution in [-0.4, -0.2) is 5.91 Å². The van der Waals surface area contributed by atoms with Crippen molar-refractivity contribution >= 4 is 11.6 Å². The van der Waals surface area contributed by atoms with Crippen molar-refractivity contribution in [2.24, 2.45) is 0 Å². The third-order valence-corrected chi connectivity index (χ3v) is 2.26. The van der Waals surface area contributed by atoms with Gasteiger partial charge in [0.2, 0.25) is 5.91 Å². The lowest BCUT2D eigenvalue weighted by Crippen LogP contribution is -2.18. The summed E-state index contributed by atoms with van der Waals surface area (Å²) in [5.74, 6) is 5.13. The number of carbonyl (C=O) groups is 1. The molecule has 0 bridgehead atoms. The summed E-state index contributed by atoms with van der Waals surface area (Å²) >= 11 is 0. The van der Waals surface area contributed by atoms with Crippen molar-refractivity contribution in [3.63, 3.8) is 0 Å². The lowest BCUT2D eigenvalue weighted by molar-refractivity contribution is -0.116. The Morgan fingerprint density at radius 3 is 3.00 bits per heavy atom. The first-order chi connectivity index (χ1) is 7.29. The fraction of sp³-hybridized carbons (Fsp3) is 0.167. The van der Waals surface area contributed by atoms with Crippen molar-refractivity contribution in [2.45, 2.75) is 12.8 Å². The fourth-order valence-corrected chi connectivity index (χ4v) is 1.56. The quantitative estimate of drug-likeness (QED) is 0.638. The van der Waals surface area contributed by atoms with Crippen LogP contribution in [0.25, 0.3) is 0 Å². The maximum atomic E-state index is 11.1. The largest absolute Gasteiger partial charge is 0.326 e. The van der Waals surface area contributed by atoms with Gasteiger partial charge in [0.1, 0.15) is 0 Å². The molecule has 1 aliphatic heterocycles. The number of benzene rings is 1. The first-order valence-electron chi connectivity index (χ1n) is 4.62. The zero-order valence-electron chi connectivity index (χ0n) is 8.00. The van der Waals surface area contributed by atoms with Crippen molar-refractivity contribution in [1.29, 1.82) is 5.26 Å². The number of nitriles is 1. The lowest BCUT2D eigenvalue weighted by Gasteiger charge is -2.16. The molecule has 0 saturated carbocycles. The van der Waals surface area contributed by atoms with Crippen molar-refractivity contribution in [3.8, 4) is 17.9 Å². The topological polar surface area (TPSA) is 52.9 Å². The minimum atomic E-state index is 0.0540. The van der Waals surface area contributed by atoms with Gasteiger partial charge in [-0.05, 0) is 30.2 Å². The zero-order chi connectivity index (χ0) is 10.7. The zero-order valence-corrected chi connectivity index (χ0v) is 8.00. The number of nitrogens with zero attached hydrogens (tertiary/aromatic N) is 1. The Bertz CT molecular complexity index is 515. The van der Waals surface area contributed by atoms with Crippen LogP contribution in [0.3, 0.4) is 0 Å². The maximum Gasteiger partial charge on any atom is 0.224 e. The molecule has 15 heavy (non-hydrogen) atoms. The number of carbonyl (C=O) groups excluding carboxylic acids is 1. The molecule has 0 fully saturated rings. The van der Waals surface area contributed by atoms with E-state index in [1.807, 2.05) is 12.1 Å². The minimum absolute atomic E-state index is 0.0540. The second-order valence-corrected chi connectivity index (χ2v) is 3.28. The first kappa shape index (κ1) is 9.30. The molecule has 0 aliphatic carbocycles. The second kappa shape index (κ2) is 3.86. The van der Waals surface area contributed by atoms with Gasteiger partial charge >= 0.3 is 0 Å². The number of nitrogens with one attached hydrogen (secondary N) is 1. The molecule has 1 heterocycles. The van der Waals surface area contributed by atoms with E-state index < -0.39 is 0 Å². The van der Waals surface area contributed by atoms with Gasteiger partial charge in [-0.3, -0.25) is 4.79 Å². The Labute approximate surface area is 87.7 Å². The molecule has 0 aromatic heterocycles. The summed E-state index contributed by atoms with van der Waals surface area (Å²) in [7, 11) is 0. The number of hydrogen-bond acceptors (Lipinski definition) is 2. The predicted molar refractivity (Wildman–Crippen MR) is 55.9 cm³/mol. The van der Waals surface area contributed by atoms with Gasteiger partial charge in [0, 0.05) is 23.6 Å². The number of rotatable bonds is 0. The maximum absolute atomic E-state index is 11.1. The summed E-state index contributed by atoms with van der Waals surface area (Å²) in [6, 6.07) is 7.32. The van der Waals surface area contributed by atoms with Crippen LogP contribution in [0.15, 0.2) is 18.2 Å². The van der Waals surface area contributed by atoms with Gasteiger partial charge in [0.15, 0.2) is 6.07 Å². The standard InChI is InChI=1S/C12H8N2O/c13-7-1-2-9-3-5-11-10(8-9)4-6-12(15)14-11/h3,5,8H,4,6H2,(H,14,15). The van der Waals surface area contributed by atoms with Crippen LogP contribution < -0.4 is 5.32 Å². The van der Waals surface area contributed by atoms with Crippen LogP contribution in [0.5, 0.6) is 0 Å². The van der Waals surface area contributed by atoms with Crippen molar-refractivity contribution in [3.05, 3.63) is 29.3 Å². The van der Waals surface area contributed by atoms with E-state index in [-0.39, 0.29) is 5.91 Å². The van der Waals surface area contributed by atoms with E-state index in [1.165, 1.54) is 0 Å². The van der Waals surface area contributed by atoms with Gasteiger partial charge < -0.3 is 5.32 Å². The van der Waals surface area contributed by atoms with E-state index in [9.17, 15) is 4.79 Å². The molecule has 0 unspecified atom stereocenters. The Morgan fingerprint density at radius 2 is 2.20 bits per heavy atom. The van der Waals surface area contributed by atoms with Crippen LogP contribution in [0.1, 0.15) is 17.5 Å². The Balaban J connectivity index is 2.35. The van der Waals surface area contributed by atoms with E-state index in [1.54, 1.807) is 12.1 Å². The summed E-state index contributed by atoms with van der Waals surface area (Å²) in [5.41, 5.74) is 2.75. The molecular formula is C12H8N2O. The van der Waals surface area contributed by atoms with Gasteiger partial charge in [-0.15, -0.1) is 0 Å². The number of hydrogen-bond donors (Lipinski definition) is 1. The second-order valence-electron chi connectivity index (χ2n) is 3.28. The van der Waals surface area contributed by atoms with Crippen LogP contribution in [-0.2, 0) is 11.2 Å². The molecule has 2 rings (SSSR count). The summed E-state index contributed by atoms with van der Waals surface area (Å²) < 4.78 is 0. The summed E-state index contributed by atoms with van der Waals surface area (Å²) in [5, 5.41) is 11.1. The van der Waals surface area contributed by atoms with Crippen molar-refractivity contribution in [1.82, 2.24) is 0 Å². The van der Waals surface area contributed by atoms with Gasteiger partial charge in [-0.25, -0.2) is 0 Å². The molecule has 0 radical (unpaired) electrons. The average molecular weight is 196 g/mol. The monoisotopic (exact) mass is 196 g/mol. The molecule has 72 valence electrons. The molecule has 0 atom stereocenters. The third-order valence-electron chi connectivity index (χ3n) is 2.26. The Kier molecular flexibility index (Phi) is 2.39. The molecule has 3 heteroatoms. The SMILES string of the molecule is N#CC#Cc1ccc2c(c1)CCC(=O)N2. The summed E-state index contributed by atoms with van der Waals surface area (Å²) in [6.07, 6.45) is 1.26. The lowest BCUT2D eigenvalue weighted by atomic mass is 10.0. The average Bonchev–Trinajstić information content (AvgIpc) is 2.26. The van der Waals surface area contributed by atoms with E-state index in [4.69, 9.17) is 5.26 Å². The molecule has 1 aromatic carbocycles. The fourth-order valence-electron chi connectivity index (χ4n) is 1.56. The van der Waals surface area contributed by atoms with Crippen LogP contribution in [0.4, 0.5) is 5.69 Å². The molecule has 0 saturated heterocycles. The normalized spacial score (nSPS) is 12.9. The minimum Gasteiger partial charge on any atom is -0.326 e. The number of aryl methyl sites for hydroxylation is 1. The third kappa shape index (κ3) is 1.98. The molecule has 1 amide bonds. The number of anilines is 1. The number of amides is 1. The highest BCUT2D eigenvalue weighted by molar-refractivity contribution is 5.93.